The lowest BCUT2D eigenvalue weighted by atomic mass is 9.92. The van der Waals surface area contributed by atoms with E-state index in [9.17, 15) is 10.2 Å². The van der Waals surface area contributed by atoms with Crippen LogP contribution >= 0.6 is 0 Å². The lowest BCUT2D eigenvalue weighted by Gasteiger charge is -2.37. The zero-order valence-electron chi connectivity index (χ0n) is 6.23. The van der Waals surface area contributed by atoms with Gasteiger partial charge in [-0.2, -0.15) is 0 Å². The number of aliphatic hydroxyl groups excluding tert-OH is 1. The summed E-state index contributed by atoms with van der Waals surface area (Å²) >= 11 is 0. The highest BCUT2D eigenvalue weighted by molar-refractivity contribution is 5.35. The van der Waals surface area contributed by atoms with Crippen molar-refractivity contribution in [3.63, 3.8) is 0 Å². The first-order valence-corrected chi connectivity index (χ1v) is 3.20. The van der Waals surface area contributed by atoms with E-state index in [1.54, 1.807) is 0 Å². The first-order chi connectivity index (χ1) is 5.29. The van der Waals surface area contributed by atoms with Gasteiger partial charge in [0.1, 0.15) is 17.1 Å². The second kappa shape index (κ2) is 2.20. The Balaban J connectivity index is 3.21. The van der Waals surface area contributed by atoms with E-state index in [-0.39, 0.29) is 0 Å². The Morgan fingerprint density at radius 2 is 1.75 bits per heavy atom. The zero-order chi connectivity index (χ0) is 9.57. The maximum Gasteiger partial charge on any atom is 0.244 e. The standard InChI is InChI=1S/C6H11N3O3/c7-4-3(10)1-2-5(8,9)6(4,11)12/h1-2,10-12H,7-9H2. The average molecular weight is 173 g/mol. The minimum Gasteiger partial charge on any atom is -0.506 e. The van der Waals surface area contributed by atoms with Gasteiger partial charge in [-0.05, 0) is 12.2 Å². The van der Waals surface area contributed by atoms with E-state index in [1.165, 1.54) is 0 Å². The Labute approximate surface area is 68.6 Å². The first kappa shape index (κ1) is 9.01. The Hall–Kier alpha value is -1.08. The van der Waals surface area contributed by atoms with Crippen molar-refractivity contribution in [1.82, 2.24) is 0 Å². The molecule has 1 aliphatic rings. The second-order valence-corrected chi connectivity index (χ2v) is 2.74. The van der Waals surface area contributed by atoms with Gasteiger partial charge in [-0.1, -0.05) is 0 Å². The summed E-state index contributed by atoms with van der Waals surface area (Å²) < 4.78 is 0. The summed E-state index contributed by atoms with van der Waals surface area (Å²) in [6.45, 7) is 0. The van der Waals surface area contributed by atoms with E-state index in [4.69, 9.17) is 22.3 Å². The molecule has 0 aromatic carbocycles. The highest BCUT2D eigenvalue weighted by Gasteiger charge is 2.47. The molecule has 0 radical (unpaired) electrons. The van der Waals surface area contributed by atoms with E-state index in [1.807, 2.05) is 0 Å². The highest BCUT2D eigenvalue weighted by Crippen LogP contribution is 2.25. The Morgan fingerprint density at radius 3 is 2.17 bits per heavy atom. The molecule has 0 aromatic rings. The summed E-state index contributed by atoms with van der Waals surface area (Å²) in [5.41, 5.74) is 13.3. The molecule has 0 aliphatic heterocycles. The molecule has 6 nitrogen and oxygen atoms in total. The first-order valence-electron chi connectivity index (χ1n) is 3.20. The zero-order valence-corrected chi connectivity index (χ0v) is 6.23. The topological polar surface area (TPSA) is 139 Å². The van der Waals surface area contributed by atoms with Crippen molar-refractivity contribution >= 4 is 0 Å². The van der Waals surface area contributed by atoms with Crippen molar-refractivity contribution in [3.05, 3.63) is 23.6 Å². The summed E-state index contributed by atoms with van der Waals surface area (Å²) in [7, 11) is 0. The van der Waals surface area contributed by atoms with Gasteiger partial charge in [-0.15, -0.1) is 0 Å². The molecular formula is C6H11N3O3. The van der Waals surface area contributed by atoms with Crippen molar-refractivity contribution in [3.8, 4) is 0 Å². The van der Waals surface area contributed by atoms with Crippen LogP contribution in [0.1, 0.15) is 0 Å². The molecule has 0 saturated heterocycles. The summed E-state index contributed by atoms with van der Waals surface area (Å²) in [4.78, 5) is 0. The van der Waals surface area contributed by atoms with Gasteiger partial charge >= 0.3 is 0 Å². The lowest BCUT2D eigenvalue weighted by Crippen LogP contribution is -2.68. The molecule has 0 saturated carbocycles. The summed E-state index contributed by atoms with van der Waals surface area (Å²) in [6, 6.07) is 0. The van der Waals surface area contributed by atoms with Crippen molar-refractivity contribution in [2.24, 2.45) is 17.2 Å². The van der Waals surface area contributed by atoms with Crippen LogP contribution in [-0.4, -0.2) is 26.8 Å². The van der Waals surface area contributed by atoms with Crippen LogP contribution < -0.4 is 17.2 Å². The molecule has 6 heteroatoms. The van der Waals surface area contributed by atoms with Crippen LogP contribution in [0.5, 0.6) is 0 Å². The number of allylic oxidation sites excluding steroid dienone is 1. The van der Waals surface area contributed by atoms with Crippen molar-refractivity contribution < 1.29 is 15.3 Å². The molecule has 12 heavy (non-hydrogen) atoms. The number of aliphatic hydroxyl groups is 3. The van der Waals surface area contributed by atoms with Gasteiger partial charge in [0.15, 0.2) is 0 Å². The van der Waals surface area contributed by atoms with Crippen LogP contribution in [-0.2, 0) is 0 Å². The maximum atomic E-state index is 9.25. The number of hydrogen-bond acceptors (Lipinski definition) is 6. The van der Waals surface area contributed by atoms with Gasteiger partial charge < -0.3 is 32.5 Å². The fraction of sp³-hybridized carbons (Fsp3) is 0.333. The van der Waals surface area contributed by atoms with Gasteiger partial charge in [0.2, 0.25) is 5.79 Å². The van der Waals surface area contributed by atoms with Crippen LogP contribution in [0.15, 0.2) is 23.6 Å². The van der Waals surface area contributed by atoms with Crippen LogP contribution in [0.3, 0.4) is 0 Å². The minimum atomic E-state index is -2.62. The summed E-state index contributed by atoms with van der Waals surface area (Å²) in [6.07, 6.45) is 2.17. The van der Waals surface area contributed by atoms with Crippen molar-refractivity contribution in [1.29, 1.82) is 0 Å². The van der Waals surface area contributed by atoms with Gasteiger partial charge in [-0.3, -0.25) is 0 Å². The second-order valence-electron chi connectivity index (χ2n) is 2.74. The maximum absolute atomic E-state index is 9.25. The molecule has 0 fully saturated rings. The van der Waals surface area contributed by atoms with Crippen molar-refractivity contribution in [2.45, 2.75) is 11.4 Å². The van der Waals surface area contributed by atoms with Gasteiger partial charge in [0.25, 0.3) is 0 Å². The van der Waals surface area contributed by atoms with E-state index in [0.717, 1.165) is 12.2 Å². The van der Waals surface area contributed by atoms with Crippen LogP contribution in [0.2, 0.25) is 0 Å². The monoisotopic (exact) mass is 173 g/mol. The molecule has 0 bridgehead atoms. The third-order valence-corrected chi connectivity index (χ3v) is 1.77. The third-order valence-electron chi connectivity index (χ3n) is 1.77. The molecule has 0 aromatic heterocycles. The lowest BCUT2D eigenvalue weighted by molar-refractivity contribution is -0.169. The quantitative estimate of drug-likeness (QED) is 0.225. The van der Waals surface area contributed by atoms with Crippen LogP contribution in [0, 0.1) is 0 Å². The molecular weight excluding hydrogens is 162 g/mol. The predicted octanol–water partition coefficient (Wildman–Crippen LogP) is -2.42. The SMILES string of the molecule is NC1=C(O)C=CC(N)(N)C1(O)O. The van der Waals surface area contributed by atoms with Gasteiger partial charge in [0.05, 0.1) is 0 Å². The third kappa shape index (κ3) is 0.978. The molecule has 0 unspecified atom stereocenters. The summed E-state index contributed by atoms with van der Waals surface area (Å²) in [5.74, 6) is -3.07. The van der Waals surface area contributed by atoms with Crippen molar-refractivity contribution in [2.75, 3.05) is 0 Å². The molecule has 68 valence electrons. The highest BCUT2D eigenvalue weighted by atomic mass is 16.5. The average Bonchev–Trinajstić information content (AvgIpc) is 1.96. The summed E-state index contributed by atoms with van der Waals surface area (Å²) in [5, 5.41) is 27.5. The smallest absolute Gasteiger partial charge is 0.244 e. The van der Waals surface area contributed by atoms with E-state index < -0.39 is 22.9 Å². The normalized spacial score (nSPS) is 26.0. The van der Waals surface area contributed by atoms with E-state index >= 15 is 0 Å². The van der Waals surface area contributed by atoms with E-state index in [0.29, 0.717) is 0 Å². The van der Waals surface area contributed by atoms with Crippen LogP contribution in [0.4, 0.5) is 0 Å². The largest absolute Gasteiger partial charge is 0.506 e. The Morgan fingerprint density at radius 1 is 1.25 bits per heavy atom. The minimum absolute atomic E-state index is 0.452. The Kier molecular flexibility index (Phi) is 1.66. The van der Waals surface area contributed by atoms with E-state index in [2.05, 4.69) is 0 Å². The number of hydrogen-bond donors (Lipinski definition) is 6. The number of rotatable bonds is 0. The predicted molar refractivity (Wildman–Crippen MR) is 41.3 cm³/mol. The van der Waals surface area contributed by atoms with Gasteiger partial charge in [0, 0.05) is 0 Å². The van der Waals surface area contributed by atoms with Crippen LogP contribution in [0.25, 0.3) is 0 Å². The molecule has 0 heterocycles. The Bertz CT molecular complexity index is 267. The fourth-order valence-electron chi connectivity index (χ4n) is 0.835. The molecule has 9 N–H and O–H groups in total. The molecule has 1 rings (SSSR count). The number of nitrogens with two attached hydrogens (primary N) is 3. The molecule has 0 atom stereocenters. The molecule has 0 spiro atoms. The molecule has 0 amide bonds. The fourth-order valence-corrected chi connectivity index (χ4v) is 0.835. The molecule has 1 aliphatic carbocycles. The van der Waals surface area contributed by atoms with Gasteiger partial charge in [-0.25, -0.2) is 0 Å².